The van der Waals surface area contributed by atoms with Crippen LogP contribution >= 0.6 is 11.8 Å². The van der Waals surface area contributed by atoms with Gasteiger partial charge in [-0.2, -0.15) is 10.2 Å². The zero-order valence-corrected chi connectivity index (χ0v) is 19.1. The van der Waals surface area contributed by atoms with Gasteiger partial charge in [-0.25, -0.2) is 4.98 Å². The summed E-state index contributed by atoms with van der Waals surface area (Å²) in [6, 6.07) is 17.9. The molecule has 0 aliphatic carbocycles. The molecule has 0 saturated carbocycles. The van der Waals surface area contributed by atoms with Crippen LogP contribution in [0.3, 0.4) is 0 Å². The van der Waals surface area contributed by atoms with E-state index in [2.05, 4.69) is 22.9 Å². The van der Waals surface area contributed by atoms with Crippen LogP contribution in [0.2, 0.25) is 0 Å². The predicted octanol–water partition coefficient (Wildman–Crippen LogP) is 5.47. The summed E-state index contributed by atoms with van der Waals surface area (Å²) >= 11 is 1.53. The number of piperidine rings is 1. The SMILES string of the molecule is COc1cccc(COc2nc(N3CCCC[C@H]3C)ncc2Sc2ccc(C#N)cc2)c1. The highest BCUT2D eigenvalue weighted by molar-refractivity contribution is 7.99. The van der Waals surface area contributed by atoms with Gasteiger partial charge in [0.15, 0.2) is 0 Å². The molecule has 7 heteroatoms. The monoisotopic (exact) mass is 446 g/mol. The Morgan fingerprint density at radius 3 is 2.78 bits per heavy atom. The van der Waals surface area contributed by atoms with E-state index in [0.717, 1.165) is 40.5 Å². The summed E-state index contributed by atoms with van der Waals surface area (Å²) in [5.74, 6) is 2.07. The highest BCUT2D eigenvalue weighted by Gasteiger charge is 2.22. The van der Waals surface area contributed by atoms with Crippen molar-refractivity contribution in [3.63, 3.8) is 0 Å². The summed E-state index contributed by atoms with van der Waals surface area (Å²) < 4.78 is 11.5. The molecule has 32 heavy (non-hydrogen) atoms. The quantitative estimate of drug-likeness (QED) is 0.477. The van der Waals surface area contributed by atoms with Crippen molar-refractivity contribution in [1.82, 2.24) is 9.97 Å². The second kappa shape index (κ2) is 10.4. The van der Waals surface area contributed by atoms with E-state index in [1.807, 2.05) is 54.7 Å². The molecule has 2 aromatic carbocycles. The summed E-state index contributed by atoms with van der Waals surface area (Å²) in [4.78, 5) is 13.6. The summed E-state index contributed by atoms with van der Waals surface area (Å²) in [6.45, 7) is 3.56. The van der Waals surface area contributed by atoms with Crippen molar-refractivity contribution in [2.45, 2.75) is 48.6 Å². The summed E-state index contributed by atoms with van der Waals surface area (Å²) in [5, 5.41) is 9.04. The fraction of sp³-hybridized carbons (Fsp3) is 0.320. The maximum Gasteiger partial charge on any atom is 0.232 e. The molecule has 4 rings (SSSR count). The molecule has 1 atom stereocenters. The Morgan fingerprint density at radius 1 is 1.19 bits per heavy atom. The minimum atomic E-state index is 0.379. The maximum absolute atomic E-state index is 9.04. The second-order valence-corrected chi connectivity index (χ2v) is 8.87. The molecular weight excluding hydrogens is 420 g/mol. The van der Waals surface area contributed by atoms with Crippen molar-refractivity contribution in [2.75, 3.05) is 18.6 Å². The number of ether oxygens (including phenoxy) is 2. The first-order valence-corrected chi connectivity index (χ1v) is 11.6. The van der Waals surface area contributed by atoms with Crippen LogP contribution in [-0.4, -0.2) is 29.7 Å². The number of anilines is 1. The van der Waals surface area contributed by atoms with Gasteiger partial charge >= 0.3 is 0 Å². The van der Waals surface area contributed by atoms with Crippen molar-refractivity contribution in [3.05, 3.63) is 65.9 Å². The molecule has 0 radical (unpaired) electrons. The zero-order chi connectivity index (χ0) is 22.3. The largest absolute Gasteiger partial charge is 0.497 e. The van der Waals surface area contributed by atoms with Crippen LogP contribution in [0.25, 0.3) is 0 Å². The van der Waals surface area contributed by atoms with Gasteiger partial charge in [0.2, 0.25) is 11.8 Å². The smallest absolute Gasteiger partial charge is 0.232 e. The molecule has 2 heterocycles. The lowest BCUT2D eigenvalue weighted by molar-refractivity contribution is 0.284. The van der Waals surface area contributed by atoms with Crippen LogP contribution in [0.1, 0.15) is 37.3 Å². The molecule has 3 aromatic rings. The van der Waals surface area contributed by atoms with Gasteiger partial charge in [0, 0.05) is 17.5 Å². The molecule has 0 amide bonds. The van der Waals surface area contributed by atoms with Crippen molar-refractivity contribution in [2.24, 2.45) is 0 Å². The number of nitrogens with zero attached hydrogens (tertiary/aromatic N) is 4. The van der Waals surface area contributed by atoms with Gasteiger partial charge in [0.1, 0.15) is 12.4 Å². The highest BCUT2D eigenvalue weighted by atomic mass is 32.2. The molecule has 0 spiro atoms. The van der Waals surface area contributed by atoms with E-state index >= 15 is 0 Å². The van der Waals surface area contributed by atoms with Gasteiger partial charge in [-0.05, 0) is 68.1 Å². The van der Waals surface area contributed by atoms with Gasteiger partial charge in [0.25, 0.3) is 0 Å². The first-order valence-electron chi connectivity index (χ1n) is 10.7. The minimum absolute atomic E-state index is 0.379. The number of aromatic nitrogens is 2. The van der Waals surface area contributed by atoms with E-state index in [0.29, 0.717) is 30.0 Å². The standard InChI is InChI=1S/C25H26N4O2S/c1-18-6-3-4-13-29(18)25-27-16-23(32-22-11-9-19(15-26)10-12-22)24(28-25)31-17-20-7-5-8-21(14-20)30-2/h5,7-12,14,16,18H,3-4,6,13,17H2,1-2H3/t18-/m1/s1. The Morgan fingerprint density at radius 2 is 2.03 bits per heavy atom. The summed E-state index contributed by atoms with van der Waals surface area (Å²) in [5.41, 5.74) is 1.64. The second-order valence-electron chi connectivity index (χ2n) is 7.76. The molecule has 0 N–H and O–H groups in total. The number of methoxy groups -OCH3 is 1. The van der Waals surface area contributed by atoms with Gasteiger partial charge < -0.3 is 14.4 Å². The van der Waals surface area contributed by atoms with E-state index in [4.69, 9.17) is 19.7 Å². The van der Waals surface area contributed by atoms with Crippen molar-refractivity contribution >= 4 is 17.7 Å². The van der Waals surface area contributed by atoms with Crippen LogP contribution in [-0.2, 0) is 6.61 Å². The van der Waals surface area contributed by atoms with Gasteiger partial charge in [-0.15, -0.1) is 0 Å². The molecule has 1 saturated heterocycles. The number of hydrogen-bond acceptors (Lipinski definition) is 7. The van der Waals surface area contributed by atoms with E-state index < -0.39 is 0 Å². The molecule has 1 aliphatic rings. The Kier molecular flexibility index (Phi) is 7.13. The molecule has 6 nitrogen and oxygen atoms in total. The van der Waals surface area contributed by atoms with Crippen LogP contribution in [0, 0.1) is 11.3 Å². The fourth-order valence-corrected chi connectivity index (χ4v) is 4.52. The Hall–Kier alpha value is -3.24. The highest BCUT2D eigenvalue weighted by Crippen LogP contribution is 2.35. The number of nitriles is 1. The van der Waals surface area contributed by atoms with Gasteiger partial charge in [0.05, 0.1) is 29.8 Å². The maximum atomic E-state index is 9.04. The first kappa shape index (κ1) is 22.0. The van der Waals surface area contributed by atoms with Crippen LogP contribution < -0.4 is 14.4 Å². The van der Waals surface area contributed by atoms with Crippen LogP contribution in [0.15, 0.2) is 64.5 Å². The first-order chi connectivity index (χ1) is 15.7. The lowest BCUT2D eigenvalue weighted by atomic mass is 10.0. The summed E-state index contributed by atoms with van der Waals surface area (Å²) in [7, 11) is 1.66. The molecule has 1 aromatic heterocycles. The van der Waals surface area contributed by atoms with Crippen LogP contribution in [0.5, 0.6) is 11.6 Å². The molecular formula is C25H26N4O2S. The average Bonchev–Trinajstić information content (AvgIpc) is 2.84. The van der Waals surface area contributed by atoms with E-state index in [1.165, 1.54) is 18.2 Å². The predicted molar refractivity (Wildman–Crippen MR) is 125 cm³/mol. The third kappa shape index (κ3) is 5.32. The molecule has 1 aliphatic heterocycles. The molecule has 164 valence electrons. The number of rotatable bonds is 7. The van der Waals surface area contributed by atoms with E-state index in [9.17, 15) is 0 Å². The Balaban J connectivity index is 1.60. The molecule has 0 bridgehead atoms. The van der Waals surface area contributed by atoms with Crippen molar-refractivity contribution in [3.8, 4) is 17.7 Å². The Bertz CT molecular complexity index is 1100. The minimum Gasteiger partial charge on any atom is -0.497 e. The lowest BCUT2D eigenvalue weighted by Crippen LogP contribution is -2.38. The Labute approximate surface area is 193 Å². The zero-order valence-electron chi connectivity index (χ0n) is 18.3. The topological polar surface area (TPSA) is 71.3 Å². The van der Waals surface area contributed by atoms with Crippen molar-refractivity contribution in [1.29, 1.82) is 5.26 Å². The number of benzene rings is 2. The molecule has 1 fully saturated rings. The number of hydrogen-bond donors (Lipinski definition) is 0. The molecule has 0 unspecified atom stereocenters. The average molecular weight is 447 g/mol. The summed E-state index contributed by atoms with van der Waals surface area (Å²) in [6.07, 6.45) is 5.37. The van der Waals surface area contributed by atoms with Gasteiger partial charge in [-0.1, -0.05) is 23.9 Å². The van der Waals surface area contributed by atoms with Gasteiger partial charge in [-0.3, -0.25) is 0 Å². The van der Waals surface area contributed by atoms with E-state index in [-0.39, 0.29) is 0 Å². The lowest BCUT2D eigenvalue weighted by Gasteiger charge is -2.33. The normalized spacial score (nSPS) is 15.8. The third-order valence-electron chi connectivity index (χ3n) is 5.49. The van der Waals surface area contributed by atoms with E-state index in [1.54, 1.807) is 7.11 Å². The van der Waals surface area contributed by atoms with Crippen molar-refractivity contribution < 1.29 is 9.47 Å². The third-order valence-corrected chi connectivity index (χ3v) is 6.50. The fourth-order valence-electron chi connectivity index (χ4n) is 3.69. The van der Waals surface area contributed by atoms with Crippen LogP contribution in [0.4, 0.5) is 5.95 Å².